The van der Waals surface area contributed by atoms with Crippen molar-refractivity contribution in [1.29, 1.82) is 0 Å². The summed E-state index contributed by atoms with van der Waals surface area (Å²) in [5.41, 5.74) is 4.28. The summed E-state index contributed by atoms with van der Waals surface area (Å²) in [6, 6.07) is 8.96. The second kappa shape index (κ2) is 12.9. The molecule has 0 spiro atoms. The third-order valence-electron chi connectivity index (χ3n) is 3.64. The highest BCUT2D eigenvalue weighted by Crippen LogP contribution is 2.17. The van der Waals surface area contributed by atoms with Gasteiger partial charge in [-0.3, -0.25) is 4.79 Å². The Balaban J connectivity index is 0.000000273. The van der Waals surface area contributed by atoms with E-state index in [2.05, 4.69) is 31.0 Å². The van der Waals surface area contributed by atoms with Crippen LogP contribution in [0.2, 0.25) is 0 Å². The lowest BCUT2D eigenvalue weighted by molar-refractivity contribution is 0.0600. The first-order valence-electron chi connectivity index (χ1n) is 9.04. The van der Waals surface area contributed by atoms with Crippen LogP contribution in [-0.2, 0) is 11.3 Å². The normalized spacial score (nSPS) is 9.45. The van der Waals surface area contributed by atoms with E-state index in [1.807, 2.05) is 62.2 Å². The Morgan fingerprint density at radius 1 is 1.31 bits per heavy atom. The lowest BCUT2D eigenvalue weighted by atomic mass is 10.2. The highest BCUT2D eigenvalue weighted by Gasteiger charge is 2.05. The maximum Gasteiger partial charge on any atom is 0.337 e. The van der Waals surface area contributed by atoms with Gasteiger partial charge in [-0.05, 0) is 58.7 Å². The highest BCUT2D eigenvalue weighted by molar-refractivity contribution is 9.11. The molecule has 0 unspecified atom stereocenters. The number of aryl methyl sites for hydroxylation is 1. The topological polar surface area (TPSA) is 73.2 Å². The molecule has 3 aromatic rings. The summed E-state index contributed by atoms with van der Waals surface area (Å²) in [5, 5.41) is 4.94. The molecule has 29 heavy (non-hydrogen) atoms. The number of hydrogen-bond acceptors (Lipinski definition) is 6. The van der Waals surface area contributed by atoms with E-state index in [0.29, 0.717) is 17.8 Å². The SMILES string of the molecule is CC.CNc1ccc(C(=O)OC)cc1.Cc1cc(C=O)n(Cc2csc(Br)n2)c1. The van der Waals surface area contributed by atoms with Gasteiger partial charge in [0.1, 0.15) is 0 Å². The Kier molecular flexibility index (Phi) is 10.9. The van der Waals surface area contributed by atoms with Crippen molar-refractivity contribution in [3.05, 3.63) is 68.3 Å². The minimum absolute atomic E-state index is 0.308. The lowest BCUT2D eigenvalue weighted by Crippen LogP contribution is -2.02. The van der Waals surface area contributed by atoms with E-state index in [-0.39, 0.29) is 5.97 Å². The summed E-state index contributed by atoms with van der Waals surface area (Å²) in [6.45, 7) is 6.62. The third kappa shape index (κ3) is 7.83. The predicted molar refractivity (Wildman–Crippen MR) is 122 cm³/mol. The zero-order valence-electron chi connectivity index (χ0n) is 17.2. The average Bonchev–Trinajstić information content (AvgIpc) is 3.33. The first kappa shape index (κ1) is 24.6. The van der Waals surface area contributed by atoms with Crippen molar-refractivity contribution in [3.8, 4) is 0 Å². The number of ether oxygens (including phenoxy) is 1. The van der Waals surface area contributed by atoms with Crippen molar-refractivity contribution in [3.63, 3.8) is 0 Å². The van der Waals surface area contributed by atoms with Crippen LogP contribution in [0, 0.1) is 6.92 Å². The Hall–Kier alpha value is -2.45. The number of aldehydes is 1. The Morgan fingerprint density at radius 2 is 1.97 bits per heavy atom. The number of rotatable bonds is 5. The van der Waals surface area contributed by atoms with Gasteiger partial charge in [-0.2, -0.15) is 0 Å². The molecule has 0 bridgehead atoms. The molecule has 0 aliphatic carbocycles. The van der Waals surface area contributed by atoms with Crippen molar-refractivity contribution in [2.75, 3.05) is 19.5 Å². The molecule has 0 saturated carbocycles. The first-order chi connectivity index (χ1) is 14.0. The molecule has 0 aliphatic rings. The molecule has 1 aromatic carbocycles. The summed E-state index contributed by atoms with van der Waals surface area (Å²) in [4.78, 5) is 26.0. The van der Waals surface area contributed by atoms with Gasteiger partial charge >= 0.3 is 5.97 Å². The van der Waals surface area contributed by atoms with Gasteiger partial charge in [-0.1, -0.05) is 13.8 Å². The largest absolute Gasteiger partial charge is 0.465 e. The molecule has 0 aliphatic heterocycles. The van der Waals surface area contributed by atoms with E-state index >= 15 is 0 Å². The number of esters is 1. The van der Waals surface area contributed by atoms with E-state index < -0.39 is 0 Å². The lowest BCUT2D eigenvalue weighted by Gasteiger charge is -2.01. The Morgan fingerprint density at radius 3 is 2.45 bits per heavy atom. The third-order valence-corrected chi connectivity index (χ3v) is 5.05. The average molecular weight is 480 g/mol. The monoisotopic (exact) mass is 479 g/mol. The minimum atomic E-state index is -0.308. The molecule has 3 rings (SSSR count). The van der Waals surface area contributed by atoms with Crippen LogP contribution >= 0.6 is 27.3 Å². The Bertz CT molecular complexity index is 904. The number of aromatic nitrogens is 2. The van der Waals surface area contributed by atoms with E-state index in [0.717, 1.165) is 27.1 Å². The van der Waals surface area contributed by atoms with Crippen molar-refractivity contribution in [2.45, 2.75) is 27.3 Å². The van der Waals surface area contributed by atoms with Crippen LogP contribution in [0.3, 0.4) is 0 Å². The van der Waals surface area contributed by atoms with Crippen LogP contribution in [0.4, 0.5) is 5.69 Å². The van der Waals surface area contributed by atoms with E-state index in [1.54, 1.807) is 23.5 Å². The summed E-state index contributed by atoms with van der Waals surface area (Å²) in [5.74, 6) is -0.308. The van der Waals surface area contributed by atoms with Crippen molar-refractivity contribution in [2.24, 2.45) is 0 Å². The van der Waals surface area contributed by atoms with Crippen molar-refractivity contribution in [1.82, 2.24) is 9.55 Å². The standard InChI is InChI=1S/C10H9BrN2OS.C9H11NO2.C2H6/c1-7-2-9(5-14)13(3-7)4-8-6-15-10(11)12-8;1-10-8-5-3-7(4-6-8)9(11)12-2;1-2/h2-3,5-6H,4H2,1H3;3-6,10H,1-2H3;1-2H3. The predicted octanol–water partition coefficient (Wildman–Crippen LogP) is 5.42. The second-order valence-corrected chi connectivity index (χ2v) is 7.73. The quantitative estimate of drug-likeness (QED) is 0.390. The summed E-state index contributed by atoms with van der Waals surface area (Å²) in [6.07, 6.45) is 2.82. The number of hydrogen-bond donors (Lipinski definition) is 1. The zero-order valence-corrected chi connectivity index (χ0v) is 19.6. The fourth-order valence-corrected chi connectivity index (χ4v) is 3.37. The van der Waals surface area contributed by atoms with E-state index in [4.69, 9.17) is 0 Å². The van der Waals surface area contributed by atoms with Gasteiger partial charge in [0.05, 0.1) is 30.6 Å². The number of halogens is 1. The molecule has 1 N–H and O–H groups in total. The van der Waals surface area contributed by atoms with Gasteiger partial charge in [0.15, 0.2) is 10.2 Å². The van der Waals surface area contributed by atoms with Gasteiger partial charge in [-0.15, -0.1) is 11.3 Å². The number of thiazole rings is 1. The number of benzene rings is 1. The highest BCUT2D eigenvalue weighted by atomic mass is 79.9. The molecule has 6 nitrogen and oxygen atoms in total. The molecule has 0 saturated heterocycles. The Labute approximate surface area is 184 Å². The molecule has 0 radical (unpaired) electrons. The summed E-state index contributed by atoms with van der Waals surface area (Å²) >= 11 is 4.86. The van der Waals surface area contributed by atoms with Crippen LogP contribution in [0.1, 0.15) is 46.0 Å². The molecule has 0 fully saturated rings. The van der Waals surface area contributed by atoms with Crippen LogP contribution < -0.4 is 5.32 Å². The minimum Gasteiger partial charge on any atom is -0.465 e. The zero-order chi connectivity index (χ0) is 21.8. The molecule has 0 atom stereocenters. The van der Waals surface area contributed by atoms with Gasteiger partial charge in [0.2, 0.25) is 0 Å². The maximum absolute atomic E-state index is 11.0. The second-order valence-electron chi connectivity index (χ2n) is 5.60. The van der Waals surface area contributed by atoms with Gasteiger partial charge < -0.3 is 14.6 Å². The van der Waals surface area contributed by atoms with Crippen LogP contribution in [-0.4, -0.2) is 36.0 Å². The molecule has 2 heterocycles. The van der Waals surface area contributed by atoms with Crippen LogP contribution in [0.25, 0.3) is 0 Å². The maximum atomic E-state index is 11.0. The number of anilines is 1. The fraction of sp³-hybridized carbons (Fsp3) is 0.286. The summed E-state index contributed by atoms with van der Waals surface area (Å²) < 4.78 is 7.33. The van der Waals surface area contributed by atoms with E-state index in [9.17, 15) is 9.59 Å². The number of carbonyl (C=O) groups excluding carboxylic acids is 2. The first-order valence-corrected chi connectivity index (χ1v) is 10.7. The number of nitrogens with zero attached hydrogens (tertiary/aromatic N) is 2. The van der Waals surface area contributed by atoms with Crippen molar-refractivity contribution < 1.29 is 14.3 Å². The molecular weight excluding hydrogens is 454 g/mol. The van der Waals surface area contributed by atoms with Crippen LogP contribution in [0.15, 0.2) is 45.8 Å². The molecular formula is C21H26BrN3O3S. The van der Waals surface area contributed by atoms with Crippen LogP contribution in [0.5, 0.6) is 0 Å². The smallest absolute Gasteiger partial charge is 0.337 e. The van der Waals surface area contributed by atoms with E-state index in [1.165, 1.54) is 7.11 Å². The van der Waals surface area contributed by atoms with Gasteiger partial charge in [-0.25, -0.2) is 9.78 Å². The number of nitrogens with one attached hydrogen (secondary N) is 1. The molecule has 8 heteroatoms. The number of carbonyl (C=O) groups is 2. The molecule has 2 aromatic heterocycles. The fourth-order valence-electron chi connectivity index (χ4n) is 2.33. The van der Waals surface area contributed by atoms with Gasteiger partial charge in [0, 0.05) is 24.3 Å². The van der Waals surface area contributed by atoms with Gasteiger partial charge in [0.25, 0.3) is 0 Å². The molecule has 0 amide bonds. The molecule has 156 valence electrons. The summed E-state index contributed by atoms with van der Waals surface area (Å²) in [7, 11) is 3.20. The number of methoxy groups -OCH3 is 1. The van der Waals surface area contributed by atoms with Crippen molar-refractivity contribution >= 4 is 45.2 Å².